The fraction of sp³-hybridized carbons (Fsp3) is 0.458. The molecule has 3 rings (SSSR count). The molecule has 0 spiro atoms. The molecule has 0 amide bonds. The second-order valence-electron chi connectivity index (χ2n) is 8.77. The molecular weight excluding hydrogens is 334 g/mol. The third-order valence-corrected chi connectivity index (χ3v) is 5.82. The molecule has 0 radical (unpaired) electrons. The van der Waals surface area contributed by atoms with Crippen molar-refractivity contribution in [3.05, 3.63) is 64.7 Å². The number of rotatable bonds is 5. The van der Waals surface area contributed by atoms with E-state index in [0.717, 1.165) is 5.69 Å². The van der Waals surface area contributed by atoms with Crippen LogP contribution in [0.3, 0.4) is 0 Å². The van der Waals surface area contributed by atoms with Gasteiger partial charge < -0.3 is 10.1 Å². The van der Waals surface area contributed by atoms with Gasteiger partial charge in [0, 0.05) is 12.2 Å². The van der Waals surface area contributed by atoms with Gasteiger partial charge in [-0.2, -0.15) is 0 Å². The summed E-state index contributed by atoms with van der Waals surface area (Å²) in [5.74, 6) is -0.283. The number of esters is 1. The van der Waals surface area contributed by atoms with Gasteiger partial charge in [0.05, 0.1) is 12.2 Å². The Morgan fingerprint density at radius 2 is 1.67 bits per heavy atom. The average molecular weight is 366 g/mol. The van der Waals surface area contributed by atoms with Crippen LogP contribution in [0, 0.1) is 0 Å². The van der Waals surface area contributed by atoms with Gasteiger partial charge in [-0.25, -0.2) is 4.79 Å². The molecule has 0 fully saturated rings. The van der Waals surface area contributed by atoms with Crippen molar-refractivity contribution in [1.29, 1.82) is 0 Å². The Hall–Kier alpha value is -2.29. The molecule has 2 aromatic carbocycles. The predicted octanol–water partition coefficient (Wildman–Crippen LogP) is 5.82. The molecule has 1 aliphatic carbocycles. The molecule has 0 aromatic heterocycles. The van der Waals surface area contributed by atoms with Gasteiger partial charge in [0.2, 0.25) is 0 Å². The number of benzene rings is 2. The molecule has 0 saturated heterocycles. The molecule has 3 heteroatoms. The second-order valence-corrected chi connectivity index (χ2v) is 8.77. The summed E-state index contributed by atoms with van der Waals surface area (Å²) in [7, 11) is 0. The Kier molecular flexibility index (Phi) is 5.32. The van der Waals surface area contributed by atoms with Gasteiger partial charge in [-0.3, -0.25) is 0 Å². The molecule has 144 valence electrons. The Bertz CT molecular complexity index is 836. The Labute approximate surface area is 163 Å². The summed E-state index contributed by atoms with van der Waals surface area (Å²) in [6.45, 7) is 12.2. The summed E-state index contributed by atoms with van der Waals surface area (Å²) in [5, 5.41) is 3.42. The zero-order valence-corrected chi connectivity index (χ0v) is 17.2. The summed E-state index contributed by atoms with van der Waals surface area (Å²) >= 11 is 0. The van der Waals surface area contributed by atoms with Gasteiger partial charge >= 0.3 is 5.97 Å². The van der Waals surface area contributed by atoms with Gasteiger partial charge in [-0.05, 0) is 59.4 Å². The Balaban J connectivity index is 1.84. The molecule has 0 saturated carbocycles. The Morgan fingerprint density at radius 1 is 1.00 bits per heavy atom. The van der Waals surface area contributed by atoms with Gasteiger partial charge in [0.25, 0.3) is 0 Å². The topological polar surface area (TPSA) is 38.3 Å². The largest absolute Gasteiger partial charge is 0.462 e. The highest BCUT2D eigenvalue weighted by Gasteiger charge is 2.36. The van der Waals surface area contributed by atoms with Crippen LogP contribution in [-0.2, 0) is 22.1 Å². The van der Waals surface area contributed by atoms with Gasteiger partial charge in [-0.1, -0.05) is 58.0 Å². The molecule has 0 heterocycles. The second kappa shape index (κ2) is 7.38. The average Bonchev–Trinajstić information content (AvgIpc) is 2.64. The molecular formula is C24H31NO2. The maximum Gasteiger partial charge on any atom is 0.340 e. The normalized spacial score (nSPS) is 17.1. The first-order chi connectivity index (χ1) is 12.7. The molecule has 1 N–H and O–H groups in total. The maximum atomic E-state index is 12.2. The molecule has 3 nitrogen and oxygen atoms in total. The van der Waals surface area contributed by atoms with Crippen LogP contribution < -0.4 is 5.32 Å². The van der Waals surface area contributed by atoms with Crippen molar-refractivity contribution in [2.24, 2.45) is 0 Å². The number of para-hydroxylation sites is 1. The predicted molar refractivity (Wildman–Crippen MR) is 111 cm³/mol. The summed E-state index contributed by atoms with van der Waals surface area (Å²) in [4.78, 5) is 12.2. The number of nitrogens with one attached hydrogen (secondary N) is 1. The van der Waals surface area contributed by atoms with Crippen molar-refractivity contribution in [3.63, 3.8) is 0 Å². The third kappa shape index (κ3) is 4.02. The smallest absolute Gasteiger partial charge is 0.340 e. The van der Waals surface area contributed by atoms with Crippen molar-refractivity contribution >= 4 is 11.7 Å². The van der Waals surface area contributed by atoms with Gasteiger partial charge in [0.1, 0.15) is 0 Å². The van der Waals surface area contributed by atoms with Crippen LogP contribution >= 0.6 is 0 Å². The number of hydrogen-bond acceptors (Lipinski definition) is 3. The maximum absolute atomic E-state index is 12.2. The number of anilines is 1. The summed E-state index contributed by atoms with van der Waals surface area (Å²) in [6.07, 6.45) is 2.42. The minimum Gasteiger partial charge on any atom is -0.462 e. The van der Waals surface area contributed by atoms with E-state index in [-0.39, 0.29) is 16.8 Å². The monoisotopic (exact) mass is 365 g/mol. The van der Waals surface area contributed by atoms with Crippen molar-refractivity contribution < 1.29 is 9.53 Å². The SMILES string of the molecule is CCOC(=O)c1ccccc1NCc1ccc2c(c1)C(C)(C)CCC2(C)C. The van der Waals surface area contributed by atoms with Gasteiger partial charge in [-0.15, -0.1) is 0 Å². The molecule has 0 unspecified atom stereocenters. The van der Waals surface area contributed by atoms with Crippen LogP contribution in [0.25, 0.3) is 0 Å². The van der Waals surface area contributed by atoms with Crippen molar-refractivity contribution in [1.82, 2.24) is 0 Å². The lowest BCUT2D eigenvalue weighted by Crippen LogP contribution is -2.33. The first-order valence-electron chi connectivity index (χ1n) is 9.88. The van der Waals surface area contributed by atoms with E-state index in [4.69, 9.17) is 4.74 Å². The first kappa shape index (κ1) is 19.5. The van der Waals surface area contributed by atoms with Crippen LogP contribution in [0.2, 0.25) is 0 Å². The van der Waals surface area contributed by atoms with E-state index in [1.165, 1.54) is 29.5 Å². The fourth-order valence-corrected chi connectivity index (χ4v) is 3.97. The molecule has 1 aliphatic rings. The van der Waals surface area contributed by atoms with E-state index < -0.39 is 0 Å². The number of ether oxygens (including phenoxy) is 1. The molecule has 0 atom stereocenters. The first-order valence-corrected chi connectivity index (χ1v) is 9.88. The number of carbonyl (C=O) groups excluding carboxylic acids is 1. The number of carbonyl (C=O) groups is 1. The summed E-state index contributed by atoms with van der Waals surface area (Å²) in [6, 6.07) is 14.4. The Morgan fingerprint density at radius 3 is 2.37 bits per heavy atom. The van der Waals surface area contributed by atoms with E-state index in [2.05, 4.69) is 51.2 Å². The standard InChI is InChI=1S/C24H31NO2/c1-6-27-22(26)18-9-7-8-10-21(18)25-16-17-11-12-19-20(15-17)24(4,5)14-13-23(19,2)3/h7-12,15,25H,6,13-14,16H2,1-5H3. The van der Waals surface area contributed by atoms with E-state index in [1.54, 1.807) is 6.07 Å². The highest BCUT2D eigenvalue weighted by molar-refractivity contribution is 5.95. The highest BCUT2D eigenvalue weighted by Crippen LogP contribution is 2.45. The van der Waals surface area contributed by atoms with Crippen LogP contribution in [0.4, 0.5) is 5.69 Å². The number of fused-ring (bicyclic) bond motifs is 1. The lowest BCUT2D eigenvalue weighted by Gasteiger charge is -2.42. The molecule has 2 aromatic rings. The van der Waals surface area contributed by atoms with E-state index in [1.807, 2.05) is 25.1 Å². The van der Waals surface area contributed by atoms with E-state index in [0.29, 0.717) is 18.7 Å². The van der Waals surface area contributed by atoms with E-state index >= 15 is 0 Å². The summed E-state index contributed by atoms with van der Waals surface area (Å²) < 4.78 is 5.17. The summed E-state index contributed by atoms with van der Waals surface area (Å²) in [5.41, 5.74) is 5.98. The number of hydrogen-bond donors (Lipinski definition) is 1. The zero-order chi connectivity index (χ0) is 19.7. The lowest BCUT2D eigenvalue weighted by atomic mass is 9.63. The van der Waals surface area contributed by atoms with Gasteiger partial charge in [0.15, 0.2) is 0 Å². The molecule has 0 bridgehead atoms. The molecule has 0 aliphatic heterocycles. The highest BCUT2D eigenvalue weighted by atomic mass is 16.5. The minimum absolute atomic E-state index is 0.198. The zero-order valence-electron chi connectivity index (χ0n) is 17.2. The quantitative estimate of drug-likeness (QED) is 0.678. The minimum atomic E-state index is -0.283. The van der Waals surface area contributed by atoms with Crippen LogP contribution in [0.15, 0.2) is 42.5 Å². The van der Waals surface area contributed by atoms with Crippen molar-refractivity contribution in [2.45, 2.75) is 64.8 Å². The van der Waals surface area contributed by atoms with Crippen molar-refractivity contribution in [2.75, 3.05) is 11.9 Å². The fourth-order valence-electron chi connectivity index (χ4n) is 3.97. The van der Waals surface area contributed by atoms with Crippen LogP contribution in [0.5, 0.6) is 0 Å². The third-order valence-electron chi connectivity index (χ3n) is 5.82. The van der Waals surface area contributed by atoms with Crippen LogP contribution in [0.1, 0.15) is 74.5 Å². The lowest BCUT2D eigenvalue weighted by molar-refractivity contribution is 0.0527. The van der Waals surface area contributed by atoms with E-state index in [9.17, 15) is 4.79 Å². The van der Waals surface area contributed by atoms with Crippen LogP contribution in [-0.4, -0.2) is 12.6 Å². The molecule has 27 heavy (non-hydrogen) atoms. The van der Waals surface area contributed by atoms with Crippen molar-refractivity contribution in [3.8, 4) is 0 Å².